The van der Waals surface area contributed by atoms with Crippen LogP contribution in [0.1, 0.15) is 36.2 Å². The molecule has 1 aromatic carbocycles. The van der Waals surface area contributed by atoms with Crippen LogP contribution < -0.4 is 5.32 Å². The van der Waals surface area contributed by atoms with Crippen LogP contribution in [0.15, 0.2) is 45.9 Å². The van der Waals surface area contributed by atoms with E-state index in [0.717, 1.165) is 31.2 Å². The fourth-order valence-corrected chi connectivity index (χ4v) is 6.21. The first-order valence-electron chi connectivity index (χ1n) is 10.3. The Hall–Kier alpha value is -2.05. The van der Waals surface area contributed by atoms with Gasteiger partial charge in [-0.05, 0) is 31.2 Å². The van der Waals surface area contributed by atoms with Gasteiger partial charge in [-0.1, -0.05) is 48.3 Å². The van der Waals surface area contributed by atoms with E-state index in [1.807, 2.05) is 6.26 Å². The van der Waals surface area contributed by atoms with Crippen LogP contribution in [0.5, 0.6) is 0 Å². The van der Waals surface area contributed by atoms with Crippen LogP contribution in [0.3, 0.4) is 0 Å². The molecule has 3 aromatic rings. The number of amides is 1. The molecule has 0 unspecified atom stereocenters. The van der Waals surface area contributed by atoms with Gasteiger partial charge in [0.05, 0.1) is 21.8 Å². The summed E-state index contributed by atoms with van der Waals surface area (Å²) in [7, 11) is -3.50. The molecule has 0 aliphatic carbocycles. The first kappa shape index (κ1) is 24.1. The van der Waals surface area contributed by atoms with Crippen molar-refractivity contribution >= 4 is 55.8 Å². The topological polar surface area (TPSA) is 105 Å². The minimum Gasteiger partial charge on any atom is -0.296 e. The number of benzene rings is 1. The second-order valence-electron chi connectivity index (χ2n) is 7.39. The molecule has 0 radical (unpaired) electrons. The van der Waals surface area contributed by atoms with E-state index in [9.17, 15) is 13.2 Å². The Morgan fingerprint density at radius 3 is 2.48 bits per heavy atom. The third-order valence-electron chi connectivity index (χ3n) is 5.20. The molecule has 174 valence electrons. The predicted molar refractivity (Wildman–Crippen MR) is 132 cm³/mol. The average molecular weight is 524 g/mol. The van der Waals surface area contributed by atoms with E-state index in [-0.39, 0.29) is 15.6 Å². The van der Waals surface area contributed by atoms with Gasteiger partial charge >= 0.3 is 0 Å². The highest BCUT2D eigenvalue weighted by atomic mass is 35.5. The van der Waals surface area contributed by atoms with Crippen LogP contribution in [0, 0.1) is 0 Å². The van der Waals surface area contributed by atoms with Crippen molar-refractivity contribution in [1.82, 2.24) is 19.3 Å². The Labute approximate surface area is 205 Å². The van der Waals surface area contributed by atoms with E-state index in [0.29, 0.717) is 29.1 Å². The van der Waals surface area contributed by atoms with Gasteiger partial charge in [-0.2, -0.15) is 4.31 Å². The summed E-state index contributed by atoms with van der Waals surface area (Å²) < 4.78 is 27.5. The number of carbonyl (C=O) groups is 1. The first-order chi connectivity index (χ1) is 15.9. The number of thiazole rings is 1. The van der Waals surface area contributed by atoms with Crippen molar-refractivity contribution in [2.45, 2.75) is 35.7 Å². The molecule has 0 saturated carbocycles. The van der Waals surface area contributed by atoms with Crippen molar-refractivity contribution in [3.63, 3.8) is 0 Å². The molecule has 12 heteroatoms. The van der Waals surface area contributed by atoms with Crippen LogP contribution in [0.4, 0.5) is 5.13 Å². The van der Waals surface area contributed by atoms with E-state index in [2.05, 4.69) is 20.3 Å². The molecule has 1 amide bonds. The van der Waals surface area contributed by atoms with E-state index < -0.39 is 15.9 Å². The fourth-order valence-electron chi connectivity index (χ4n) is 3.46. The maximum Gasteiger partial charge on any atom is 0.277 e. The van der Waals surface area contributed by atoms with Crippen LogP contribution in [0.25, 0.3) is 11.3 Å². The Kier molecular flexibility index (Phi) is 7.65. The normalized spacial score (nSPS) is 15.2. The minimum atomic E-state index is -3.50. The van der Waals surface area contributed by atoms with Crippen molar-refractivity contribution in [3.05, 3.63) is 46.6 Å². The Balaban J connectivity index is 1.48. The molecule has 1 aliphatic rings. The van der Waals surface area contributed by atoms with E-state index in [1.54, 1.807) is 34.0 Å². The van der Waals surface area contributed by atoms with Gasteiger partial charge in [0.2, 0.25) is 10.0 Å². The lowest BCUT2D eigenvalue weighted by atomic mass is 10.2. The monoisotopic (exact) mass is 523 g/mol. The third kappa shape index (κ3) is 5.55. The minimum absolute atomic E-state index is 0.0795. The SMILES string of the molecule is CSc1ncc(Cl)c(C(=O)Nc2nc(-c3ccc(S(=O)(=O)N4CCCCCC4)cc3)cs2)n1. The van der Waals surface area contributed by atoms with Gasteiger partial charge in [-0.3, -0.25) is 10.1 Å². The molecule has 2 aromatic heterocycles. The molecule has 1 aliphatic heterocycles. The summed E-state index contributed by atoms with van der Waals surface area (Å²) in [6.07, 6.45) is 7.12. The molecule has 33 heavy (non-hydrogen) atoms. The molecule has 0 spiro atoms. The summed E-state index contributed by atoms with van der Waals surface area (Å²) in [5.74, 6) is -0.475. The molecular formula is C21H22ClN5O3S3. The largest absolute Gasteiger partial charge is 0.296 e. The predicted octanol–water partition coefficient (Wildman–Crippen LogP) is 4.79. The van der Waals surface area contributed by atoms with Crippen molar-refractivity contribution in [2.75, 3.05) is 24.7 Å². The number of aromatic nitrogens is 3. The molecule has 8 nitrogen and oxygen atoms in total. The summed E-state index contributed by atoms with van der Waals surface area (Å²) in [5.41, 5.74) is 1.47. The average Bonchev–Trinajstić information content (AvgIpc) is 3.10. The van der Waals surface area contributed by atoms with Crippen molar-refractivity contribution in [2.24, 2.45) is 0 Å². The van der Waals surface area contributed by atoms with Gasteiger partial charge in [0.1, 0.15) is 0 Å². The third-order valence-corrected chi connectivity index (χ3v) is 8.71. The van der Waals surface area contributed by atoms with Crippen LogP contribution in [0.2, 0.25) is 5.02 Å². The first-order valence-corrected chi connectivity index (χ1v) is 14.2. The lowest BCUT2D eigenvalue weighted by molar-refractivity contribution is 0.102. The summed E-state index contributed by atoms with van der Waals surface area (Å²) in [6, 6.07) is 6.68. The molecule has 1 fully saturated rings. The second kappa shape index (κ2) is 10.5. The zero-order valence-corrected chi connectivity index (χ0v) is 21.0. The number of nitrogens with one attached hydrogen (secondary N) is 1. The lowest BCUT2D eigenvalue weighted by Gasteiger charge is -2.19. The summed E-state index contributed by atoms with van der Waals surface area (Å²) in [4.78, 5) is 25.5. The maximum atomic E-state index is 13.0. The number of thioether (sulfide) groups is 1. The van der Waals surface area contributed by atoms with Crippen molar-refractivity contribution in [1.29, 1.82) is 0 Å². The van der Waals surface area contributed by atoms with E-state index in [4.69, 9.17) is 11.6 Å². The molecule has 1 N–H and O–H groups in total. The maximum absolute atomic E-state index is 13.0. The van der Waals surface area contributed by atoms with E-state index >= 15 is 0 Å². The second-order valence-corrected chi connectivity index (χ2v) is 11.4. The van der Waals surface area contributed by atoms with Gasteiger partial charge in [-0.25, -0.2) is 23.4 Å². The summed E-state index contributed by atoms with van der Waals surface area (Å²) >= 11 is 8.63. The fraction of sp³-hybridized carbons (Fsp3) is 0.333. The highest BCUT2D eigenvalue weighted by molar-refractivity contribution is 7.98. The van der Waals surface area contributed by atoms with Gasteiger partial charge < -0.3 is 0 Å². The number of halogens is 1. The van der Waals surface area contributed by atoms with Crippen LogP contribution in [-0.4, -0.2) is 52.9 Å². The molecule has 1 saturated heterocycles. The lowest BCUT2D eigenvalue weighted by Crippen LogP contribution is -2.31. The van der Waals surface area contributed by atoms with Crippen molar-refractivity contribution in [3.8, 4) is 11.3 Å². The van der Waals surface area contributed by atoms with Crippen LogP contribution >= 0.6 is 34.7 Å². The number of carbonyl (C=O) groups excluding carboxylic acids is 1. The van der Waals surface area contributed by atoms with Crippen LogP contribution in [-0.2, 0) is 10.0 Å². The number of anilines is 1. The molecule has 3 heterocycles. The summed E-state index contributed by atoms with van der Waals surface area (Å²) in [5, 5.41) is 5.49. The van der Waals surface area contributed by atoms with E-state index in [1.165, 1.54) is 29.3 Å². The molecule has 0 bridgehead atoms. The Morgan fingerprint density at radius 2 is 1.82 bits per heavy atom. The Bertz CT molecular complexity index is 1240. The highest BCUT2D eigenvalue weighted by Gasteiger charge is 2.25. The number of rotatable bonds is 6. The number of sulfonamides is 1. The Morgan fingerprint density at radius 1 is 1.12 bits per heavy atom. The van der Waals surface area contributed by atoms with Crippen molar-refractivity contribution < 1.29 is 13.2 Å². The van der Waals surface area contributed by atoms with Gasteiger partial charge in [0, 0.05) is 24.0 Å². The zero-order valence-electron chi connectivity index (χ0n) is 17.8. The quantitative estimate of drug-likeness (QED) is 0.365. The smallest absolute Gasteiger partial charge is 0.277 e. The molecule has 0 atom stereocenters. The zero-order chi connectivity index (χ0) is 23.4. The molecule has 4 rings (SSSR count). The number of nitrogens with zero attached hydrogens (tertiary/aromatic N) is 4. The number of hydrogen-bond donors (Lipinski definition) is 1. The van der Waals surface area contributed by atoms with Gasteiger partial charge in [0.15, 0.2) is 16.0 Å². The standard InChI is InChI=1S/C21H22ClN5O3S3/c1-31-20-23-12-16(22)18(25-20)19(28)26-21-24-17(13-32-21)14-6-8-15(9-7-14)33(29,30)27-10-4-2-3-5-11-27/h6-9,12-13H,2-5,10-11H2,1H3,(H,24,26,28). The highest BCUT2D eigenvalue weighted by Crippen LogP contribution is 2.28. The van der Waals surface area contributed by atoms with Gasteiger partial charge in [-0.15, -0.1) is 11.3 Å². The molecular weight excluding hydrogens is 502 g/mol. The number of hydrogen-bond acceptors (Lipinski definition) is 8. The van der Waals surface area contributed by atoms with Gasteiger partial charge in [0.25, 0.3) is 5.91 Å². The summed E-state index contributed by atoms with van der Waals surface area (Å²) in [6.45, 7) is 1.13.